The summed E-state index contributed by atoms with van der Waals surface area (Å²) in [6, 6.07) is 31.6. The number of hydrogen-bond donors (Lipinski definition) is 1. The van der Waals surface area contributed by atoms with Crippen molar-refractivity contribution in [3.8, 4) is 6.07 Å². The van der Waals surface area contributed by atoms with Crippen LogP contribution in [0.4, 0.5) is 4.39 Å². The van der Waals surface area contributed by atoms with E-state index in [1.165, 1.54) is 24.3 Å². The Bertz CT molecular complexity index is 1400. The fraction of sp³-hybridized carbons (Fsp3) is 0.129. The van der Waals surface area contributed by atoms with Gasteiger partial charge in [-0.1, -0.05) is 66.7 Å². The third-order valence-corrected chi connectivity index (χ3v) is 7.01. The first-order valence-electron chi connectivity index (χ1n) is 11.8. The molecule has 1 N–H and O–H groups in total. The van der Waals surface area contributed by atoms with Crippen molar-refractivity contribution >= 4 is 23.5 Å². The lowest BCUT2D eigenvalue weighted by atomic mass is 9.96. The molecule has 4 aromatic rings. The number of ketones is 1. The van der Waals surface area contributed by atoms with Crippen LogP contribution in [0.25, 0.3) is 0 Å². The molecule has 0 spiro atoms. The van der Waals surface area contributed by atoms with Crippen molar-refractivity contribution in [1.29, 1.82) is 5.26 Å². The second-order valence-electron chi connectivity index (χ2n) is 8.58. The maximum absolute atomic E-state index is 13.4. The molecule has 4 rings (SSSR count). The van der Waals surface area contributed by atoms with E-state index >= 15 is 0 Å². The molecule has 0 aliphatic heterocycles. The second kappa shape index (κ2) is 12.7. The number of nitrogens with zero attached hydrogens (tertiary/aromatic N) is 1. The number of benzene rings is 4. The van der Waals surface area contributed by atoms with E-state index in [0.29, 0.717) is 17.5 Å². The molecule has 6 heteroatoms. The molecule has 0 aliphatic carbocycles. The van der Waals surface area contributed by atoms with Crippen molar-refractivity contribution in [1.82, 2.24) is 5.32 Å². The zero-order chi connectivity index (χ0) is 26.0. The summed E-state index contributed by atoms with van der Waals surface area (Å²) in [6.45, 7) is 0. The summed E-state index contributed by atoms with van der Waals surface area (Å²) >= 11 is 1.58. The van der Waals surface area contributed by atoms with Gasteiger partial charge in [0.2, 0.25) is 0 Å². The predicted octanol–water partition coefficient (Wildman–Crippen LogP) is 6.14. The molecular formula is C31H25FN2O2S. The highest BCUT2D eigenvalue weighted by Crippen LogP contribution is 2.27. The summed E-state index contributed by atoms with van der Waals surface area (Å²) in [5.41, 5.74) is 3.57. The molecule has 4 nitrogen and oxygen atoms in total. The second-order valence-corrected chi connectivity index (χ2v) is 9.60. The molecule has 0 aromatic heterocycles. The highest BCUT2D eigenvalue weighted by molar-refractivity contribution is 7.98. The van der Waals surface area contributed by atoms with E-state index in [-0.39, 0.29) is 17.8 Å². The average Bonchev–Trinajstić information content (AvgIpc) is 2.93. The number of halogens is 1. The third-order valence-electron chi connectivity index (χ3n) is 5.86. The van der Waals surface area contributed by atoms with Gasteiger partial charge in [0.15, 0.2) is 5.78 Å². The fourth-order valence-electron chi connectivity index (χ4n) is 3.90. The van der Waals surface area contributed by atoms with E-state index in [9.17, 15) is 19.2 Å². The van der Waals surface area contributed by atoms with E-state index in [1.54, 1.807) is 17.8 Å². The maximum Gasteiger partial charge on any atom is 0.251 e. The van der Waals surface area contributed by atoms with Gasteiger partial charge >= 0.3 is 0 Å². The monoisotopic (exact) mass is 508 g/mol. The lowest BCUT2D eigenvalue weighted by Gasteiger charge is -2.18. The number of carbonyl (C=O) groups excluding carboxylic acids is 2. The van der Waals surface area contributed by atoms with Crippen LogP contribution in [0.5, 0.6) is 0 Å². The van der Waals surface area contributed by atoms with Crippen LogP contribution in [0.3, 0.4) is 0 Å². The molecule has 0 radical (unpaired) electrons. The maximum atomic E-state index is 13.4. The van der Waals surface area contributed by atoms with Gasteiger partial charge in [-0.05, 0) is 59.5 Å². The van der Waals surface area contributed by atoms with E-state index in [1.807, 2.05) is 72.8 Å². The minimum absolute atomic E-state index is 0.0690. The number of nitriles is 1. The van der Waals surface area contributed by atoms with Crippen molar-refractivity contribution in [2.45, 2.75) is 29.5 Å². The minimum atomic E-state index is -0.780. The van der Waals surface area contributed by atoms with Gasteiger partial charge in [-0.2, -0.15) is 5.26 Å². The number of Topliss-reactive ketones (excluding diaryl/α,β-unsaturated/α-hetero) is 1. The van der Waals surface area contributed by atoms with Crippen LogP contribution in [-0.2, 0) is 23.4 Å². The Morgan fingerprint density at radius 3 is 2.14 bits per heavy atom. The first kappa shape index (κ1) is 25.9. The zero-order valence-corrected chi connectivity index (χ0v) is 20.9. The number of carbonyl (C=O) groups is 2. The Balaban J connectivity index is 1.49. The molecule has 184 valence electrons. The average molecular weight is 509 g/mol. The van der Waals surface area contributed by atoms with Crippen molar-refractivity contribution in [2.24, 2.45) is 0 Å². The van der Waals surface area contributed by atoms with Gasteiger partial charge in [-0.3, -0.25) is 9.59 Å². The molecule has 0 fully saturated rings. The zero-order valence-electron chi connectivity index (χ0n) is 20.1. The molecular weight excluding hydrogens is 483 g/mol. The Morgan fingerprint density at radius 2 is 1.49 bits per heavy atom. The van der Waals surface area contributed by atoms with Gasteiger partial charge in [0.05, 0.1) is 11.6 Å². The molecule has 0 aliphatic rings. The summed E-state index contributed by atoms with van der Waals surface area (Å²) in [5.74, 6) is -0.317. The topological polar surface area (TPSA) is 70.0 Å². The van der Waals surface area contributed by atoms with Gasteiger partial charge in [-0.15, -0.1) is 11.8 Å². The lowest BCUT2D eigenvalue weighted by molar-refractivity contribution is -0.120. The van der Waals surface area contributed by atoms with Crippen LogP contribution < -0.4 is 5.32 Å². The van der Waals surface area contributed by atoms with Crippen LogP contribution in [0.1, 0.15) is 32.6 Å². The summed E-state index contributed by atoms with van der Waals surface area (Å²) in [6.07, 6.45) is 0.391. The summed E-state index contributed by atoms with van der Waals surface area (Å²) < 4.78 is 13.3. The summed E-state index contributed by atoms with van der Waals surface area (Å²) in [7, 11) is 0. The molecule has 4 aromatic carbocycles. The Labute approximate surface area is 220 Å². The summed E-state index contributed by atoms with van der Waals surface area (Å²) in [4.78, 5) is 27.0. The fourth-order valence-corrected chi connectivity index (χ4v) is 4.84. The highest BCUT2D eigenvalue weighted by Gasteiger charge is 2.22. The van der Waals surface area contributed by atoms with Crippen LogP contribution in [-0.4, -0.2) is 17.7 Å². The Hall–Kier alpha value is -4.21. The molecule has 0 heterocycles. The van der Waals surface area contributed by atoms with Crippen molar-refractivity contribution in [3.63, 3.8) is 0 Å². The first-order chi connectivity index (χ1) is 18.0. The number of amides is 1. The van der Waals surface area contributed by atoms with Crippen molar-refractivity contribution in [2.75, 3.05) is 0 Å². The SMILES string of the molecule is N#Cc1cc(CC(=O)[C@H](Cc2ccccc2)NC(=O)c2ccc(F)cc2)ccc1SCc1ccccc1. The van der Waals surface area contributed by atoms with Gasteiger partial charge in [0.1, 0.15) is 11.9 Å². The molecule has 0 bridgehead atoms. The Morgan fingerprint density at radius 1 is 0.838 bits per heavy atom. The molecule has 37 heavy (non-hydrogen) atoms. The summed E-state index contributed by atoms with van der Waals surface area (Å²) in [5, 5.41) is 12.5. The third kappa shape index (κ3) is 7.39. The van der Waals surface area contributed by atoms with Gasteiger partial charge < -0.3 is 5.32 Å². The van der Waals surface area contributed by atoms with Crippen molar-refractivity contribution in [3.05, 3.63) is 137 Å². The van der Waals surface area contributed by atoms with Crippen LogP contribution >= 0.6 is 11.8 Å². The molecule has 0 saturated carbocycles. The van der Waals surface area contributed by atoms with Crippen LogP contribution in [0.15, 0.2) is 108 Å². The van der Waals surface area contributed by atoms with Crippen LogP contribution in [0.2, 0.25) is 0 Å². The lowest BCUT2D eigenvalue weighted by Crippen LogP contribution is -2.43. The van der Waals surface area contributed by atoms with Gasteiger partial charge in [-0.25, -0.2) is 4.39 Å². The largest absolute Gasteiger partial charge is 0.342 e. The normalized spacial score (nSPS) is 11.4. The van der Waals surface area contributed by atoms with E-state index in [4.69, 9.17) is 0 Å². The molecule has 0 saturated heterocycles. The van der Waals surface area contributed by atoms with E-state index in [2.05, 4.69) is 11.4 Å². The predicted molar refractivity (Wildman–Crippen MR) is 144 cm³/mol. The van der Waals surface area contributed by atoms with Gasteiger partial charge in [0, 0.05) is 22.6 Å². The standard InChI is InChI=1S/C31H25FN2O2S/c32-27-14-12-25(13-15-27)31(36)34-28(18-22-7-3-1-4-8-22)29(35)19-24-11-16-30(26(17-24)20-33)37-21-23-9-5-2-6-10-23/h1-17,28H,18-19,21H2,(H,34,36)/t28-/m0/s1. The number of nitrogens with one attached hydrogen (secondary N) is 1. The molecule has 1 atom stereocenters. The molecule has 1 amide bonds. The van der Waals surface area contributed by atoms with E-state index < -0.39 is 17.8 Å². The number of thioether (sulfide) groups is 1. The highest BCUT2D eigenvalue weighted by atomic mass is 32.2. The molecule has 0 unspecified atom stereocenters. The minimum Gasteiger partial charge on any atom is -0.342 e. The van der Waals surface area contributed by atoms with Gasteiger partial charge in [0.25, 0.3) is 5.91 Å². The first-order valence-corrected chi connectivity index (χ1v) is 12.8. The van der Waals surface area contributed by atoms with E-state index in [0.717, 1.165) is 21.8 Å². The number of hydrogen-bond acceptors (Lipinski definition) is 4. The van der Waals surface area contributed by atoms with Crippen LogP contribution in [0, 0.1) is 17.1 Å². The van der Waals surface area contributed by atoms with Crippen molar-refractivity contribution < 1.29 is 14.0 Å². The smallest absolute Gasteiger partial charge is 0.251 e. The number of rotatable bonds is 10. The Kier molecular flexibility index (Phi) is 8.85. The quantitative estimate of drug-likeness (QED) is 0.261.